The Kier molecular flexibility index (Phi) is 6.35. The van der Waals surface area contributed by atoms with E-state index < -0.39 is 23.9 Å². The third kappa shape index (κ3) is 5.48. The standard InChI is InChI=1S/C24H28ClN5O3/c1-24(2)11-15(21(31)30-24)9-16(12-26)27-22(32)18(8-13-6-7-13)29-23(33)19-10-14-4-3-5-17(25)20(14)28-19/h3-5,10,13,15-16,18,28H,6-9,11H2,1-2H3,(H,27,32)(H,29,33)(H,30,31). The Hall–Kier alpha value is -3.05. The fourth-order valence-corrected chi connectivity index (χ4v) is 4.71. The van der Waals surface area contributed by atoms with Gasteiger partial charge in [-0.1, -0.05) is 36.6 Å². The molecule has 4 rings (SSSR count). The highest BCUT2D eigenvalue weighted by Gasteiger charge is 2.39. The van der Waals surface area contributed by atoms with E-state index in [0.717, 1.165) is 18.2 Å². The van der Waals surface area contributed by atoms with E-state index in [0.29, 0.717) is 35.0 Å². The molecule has 3 amide bonds. The van der Waals surface area contributed by atoms with Crippen molar-refractivity contribution < 1.29 is 14.4 Å². The molecular weight excluding hydrogens is 442 g/mol. The topological polar surface area (TPSA) is 127 Å². The van der Waals surface area contributed by atoms with Gasteiger partial charge < -0.3 is 20.9 Å². The van der Waals surface area contributed by atoms with Crippen molar-refractivity contribution in [3.63, 3.8) is 0 Å². The summed E-state index contributed by atoms with van der Waals surface area (Å²) in [6, 6.07) is 7.60. The number of nitrogens with one attached hydrogen (secondary N) is 4. The normalized spacial score (nSPS) is 21.2. The second-order valence-electron chi connectivity index (χ2n) is 9.79. The lowest BCUT2D eigenvalue weighted by Crippen LogP contribution is -2.50. The molecule has 174 valence electrons. The van der Waals surface area contributed by atoms with Crippen LogP contribution in [0.3, 0.4) is 0 Å². The zero-order valence-electron chi connectivity index (χ0n) is 18.7. The monoisotopic (exact) mass is 469 g/mol. The van der Waals surface area contributed by atoms with Gasteiger partial charge in [-0.3, -0.25) is 14.4 Å². The summed E-state index contributed by atoms with van der Waals surface area (Å²) in [4.78, 5) is 41.2. The van der Waals surface area contributed by atoms with Crippen LogP contribution in [0.1, 0.15) is 56.4 Å². The second kappa shape index (κ2) is 9.06. The van der Waals surface area contributed by atoms with Crippen molar-refractivity contribution in [3.8, 4) is 6.07 Å². The number of rotatable bonds is 8. The predicted molar refractivity (Wildman–Crippen MR) is 124 cm³/mol. The van der Waals surface area contributed by atoms with Gasteiger partial charge >= 0.3 is 0 Å². The number of para-hydroxylation sites is 1. The molecule has 2 aromatic rings. The lowest BCUT2D eigenvalue weighted by molar-refractivity contribution is -0.125. The molecule has 1 saturated heterocycles. The number of carbonyl (C=O) groups excluding carboxylic acids is 3. The summed E-state index contributed by atoms with van der Waals surface area (Å²) < 4.78 is 0. The maximum absolute atomic E-state index is 13.0. The van der Waals surface area contributed by atoms with E-state index in [1.807, 2.05) is 19.9 Å². The minimum Gasteiger partial charge on any atom is -0.351 e. The molecule has 1 aliphatic heterocycles. The van der Waals surface area contributed by atoms with Crippen LogP contribution in [0.4, 0.5) is 0 Å². The molecule has 3 unspecified atom stereocenters. The Morgan fingerprint density at radius 3 is 2.64 bits per heavy atom. The molecular formula is C24H28ClN5O3. The third-order valence-corrected chi connectivity index (χ3v) is 6.63. The SMILES string of the molecule is CC1(C)CC(CC(C#N)NC(=O)C(CC2CC2)NC(=O)c2cc3cccc(Cl)c3[nH]2)C(=O)N1. The van der Waals surface area contributed by atoms with Crippen molar-refractivity contribution in [2.45, 2.75) is 63.6 Å². The van der Waals surface area contributed by atoms with Crippen molar-refractivity contribution in [1.29, 1.82) is 5.26 Å². The van der Waals surface area contributed by atoms with Crippen LogP contribution in [0.15, 0.2) is 24.3 Å². The average molecular weight is 470 g/mol. The first-order valence-corrected chi connectivity index (χ1v) is 11.6. The first-order chi connectivity index (χ1) is 15.6. The summed E-state index contributed by atoms with van der Waals surface area (Å²) in [5.74, 6) is -0.880. The fourth-order valence-electron chi connectivity index (χ4n) is 4.48. The van der Waals surface area contributed by atoms with Crippen LogP contribution in [0.5, 0.6) is 0 Å². The molecule has 2 heterocycles. The lowest BCUT2D eigenvalue weighted by Gasteiger charge is -2.21. The molecule has 1 saturated carbocycles. The van der Waals surface area contributed by atoms with Crippen LogP contribution in [-0.4, -0.2) is 40.3 Å². The Balaban J connectivity index is 1.43. The van der Waals surface area contributed by atoms with E-state index in [4.69, 9.17) is 11.6 Å². The van der Waals surface area contributed by atoms with Crippen molar-refractivity contribution in [1.82, 2.24) is 20.9 Å². The maximum Gasteiger partial charge on any atom is 0.268 e. The number of hydrogen-bond acceptors (Lipinski definition) is 4. The van der Waals surface area contributed by atoms with Crippen molar-refractivity contribution >= 4 is 40.2 Å². The van der Waals surface area contributed by atoms with E-state index in [1.165, 1.54) is 0 Å². The van der Waals surface area contributed by atoms with E-state index in [1.54, 1.807) is 18.2 Å². The number of amides is 3. The summed E-state index contributed by atoms with van der Waals surface area (Å²) in [6.07, 6.45) is 3.38. The summed E-state index contributed by atoms with van der Waals surface area (Å²) >= 11 is 6.19. The van der Waals surface area contributed by atoms with E-state index in [2.05, 4.69) is 27.0 Å². The van der Waals surface area contributed by atoms with Crippen molar-refractivity contribution in [2.75, 3.05) is 0 Å². The summed E-state index contributed by atoms with van der Waals surface area (Å²) in [7, 11) is 0. The first-order valence-electron chi connectivity index (χ1n) is 11.3. The number of halogens is 1. The van der Waals surface area contributed by atoms with Crippen LogP contribution >= 0.6 is 11.6 Å². The number of aromatic amines is 1. The molecule has 1 aliphatic carbocycles. The highest BCUT2D eigenvalue weighted by Crippen LogP contribution is 2.34. The molecule has 1 aromatic heterocycles. The lowest BCUT2D eigenvalue weighted by atomic mass is 9.92. The molecule has 1 aromatic carbocycles. The van der Waals surface area contributed by atoms with Gasteiger partial charge in [-0.05, 0) is 51.2 Å². The van der Waals surface area contributed by atoms with Gasteiger partial charge in [0, 0.05) is 16.8 Å². The predicted octanol–water partition coefficient (Wildman–Crippen LogP) is 3.03. The number of nitriles is 1. The molecule has 2 aliphatic rings. The van der Waals surface area contributed by atoms with Gasteiger partial charge in [0.2, 0.25) is 11.8 Å². The van der Waals surface area contributed by atoms with E-state index in [-0.39, 0.29) is 23.8 Å². The molecule has 8 nitrogen and oxygen atoms in total. The van der Waals surface area contributed by atoms with Crippen LogP contribution < -0.4 is 16.0 Å². The van der Waals surface area contributed by atoms with Gasteiger partial charge in [-0.25, -0.2) is 0 Å². The van der Waals surface area contributed by atoms with Gasteiger partial charge in [-0.15, -0.1) is 0 Å². The molecule has 9 heteroatoms. The number of H-pyrrole nitrogens is 1. The van der Waals surface area contributed by atoms with Crippen LogP contribution in [-0.2, 0) is 9.59 Å². The Labute approximate surface area is 197 Å². The number of carbonyl (C=O) groups is 3. The Bertz CT molecular complexity index is 1130. The van der Waals surface area contributed by atoms with Crippen LogP contribution in [0.25, 0.3) is 10.9 Å². The zero-order valence-corrected chi connectivity index (χ0v) is 19.5. The number of nitrogens with zero attached hydrogens (tertiary/aromatic N) is 1. The molecule has 4 N–H and O–H groups in total. The van der Waals surface area contributed by atoms with Gasteiger partial charge in [0.15, 0.2) is 0 Å². The van der Waals surface area contributed by atoms with Gasteiger partial charge in [0.05, 0.1) is 16.6 Å². The zero-order chi connectivity index (χ0) is 23.8. The van der Waals surface area contributed by atoms with Gasteiger partial charge in [-0.2, -0.15) is 5.26 Å². The second-order valence-corrected chi connectivity index (χ2v) is 10.2. The Morgan fingerprint density at radius 2 is 2.03 bits per heavy atom. The summed E-state index contributed by atoms with van der Waals surface area (Å²) in [5.41, 5.74) is 0.653. The summed E-state index contributed by atoms with van der Waals surface area (Å²) in [6.45, 7) is 3.87. The van der Waals surface area contributed by atoms with E-state index >= 15 is 0 Å². The maximum atomic E-state index is 13.0. The average Bonchev–Trinajstić information content (AvgIpc) is 3.38. The van der Waals surface area contributed by atoms with E-state index in [9.17, 15) is 19.6 Å². The van der Waals surface area contributed by atoms with Crippen LogP contribution in [0, 0.1) is 23.2 Å². The number of fused-ring (bicyclic) bond motifs is 1. The summed E-state index contributed by atoms with van der Waals surface area (Å²) in [5, 5.41) is 19.4. The largest absolute Gasteiger partial charge is 0.351 e. The molecule has 2 fully saturated rings. The van der Waals surface area contributed by atoms with Gasteiger partial charge in [0.1, 0.15) is 17.8 Å². The highest BCUT2D eigenvalue weighted by molar-refractivity contribution is 6.35. The van der Waals surface area contributed by atoms with Crippen molar-refractivity contribution in [2.24, 2.45) is 11.8 Å². The number of benzene rings is 1. The number of aromatic nitrogens is 1. The van der Waals surface area contributed by atoms with Gasteiger partial charge in [0.25, 0.3) is 5.91 Å². The highest BCUT2D eigenvalue weighted by atomic mass is 35.5. The minimum absolute atomic E-state index is 0.102. The smallest absolute Gasteiger partial charge is 0.268 e. The third-order valence-electron chi connectivity index (χ3n) is 6.32. The molecule has 0 spiro atoms. The minimum atomic E-state index is -0.812. The quantitative estimate of drug-likeness (QED) is 0.473. The fraction of sp³-hybridized carbons (Fsp3) is 0.500. The Morgan fingerprint density at radius 1 is 1.27 bits per heavy atom. The van der Waals surface area contributed by atoms with Crippen LogP contribution in [0.2, 0.25) is 5.02 Å². The molecule has 3 atom stereocenters. The first kappa shape index (κ1) is 23.1. The molecule has 0 radical (unpaired) electrons. The molecule has 33 heavy (non-hydrogen) atoms. The van der Waals surface area contributed by atoms with Crippen molar-refractivity contribution in [3.05, 3.63) is 35.0 Å². The number of hydrogen-bond donors (Lipinski definition) is 4. The molecule has 0 bridgehead atoms.